The molecule has 6 rings (SSSR count). The predicted octanol–water partition coefficient (Wildman–Crippen LogP) is 5.42. The average molecular weight is 386 g/mol. The quantitative estimate of drug-likeness (QED) is 0.632. The molecular formula is C21H21F3N4. The Kier molecular flexibility index (Phi) is 4.25. The third kappa shape index (κ3) is 3.02. The molecule has 0 aromatic carbocycles. The van der Waals surface area contributed by atoms with E-state index in [2.05, 4.69) is 20.3 Å². The van der Waals surface area contributed by atoms with Crippen molar-refractivity contribution in [1.82, 2.24) is 15.0 Å². The van der Waals surface area contributed by atoms with Gasteiger partial charge in [-0.15, -0.1) is 0 Å². The van der Waals surface area contributed by atoms with Crippen LogP contribution in [0.1, 0.15) is 38.5 Å². The van der Waals surface area contributed by atoms with Crippen molar-refractivity contribution in [3.8, 4) is 11.3 Å². The van der Waals surface area contributed by atoms with Crippen LogP contribution in [-0.2, 0) is 0 Å². The summed E-state index contributed by atoms with van der Waals surface area (Å²) in [5.74, 6) is -0.779. The fourth-order valence-electron chi connectivity index (χ4n) is 4.88. The number of anilines is 1. The van der Waals surface area contributed by atoms with Crippen LogP contribution in [0.5, 0.6) is 0 Å². The Labute approximate surface area is 160 Å². The van der Waals surface area contributed by atoms with Gasteiger partial charge in [-0.1, -0.05) is 19.3 Å². The van der Waals surface area contributed by atoms with Gasteiger partial charge < -0.3 is 10.3 Å². The molecule has 0 amide bonds. The molecule has 0 radical (unpaired) electrons. The topological polar surface area (TPSA) is 53.6 Å². The number of hydrogen-bond donors (Lipinski definition) is 2. The number of rotatable bonds is 3. The standard InChI is InChI=1S/C21H21F3N4/c22-13-7-14-15(10-26-20(14)25-9-13)19-16(23)8-17(24)21(28-19)27-18-6-11-2-1-3-12(18)5-4-11/h7-12,18H,1-6H2,(H,25,26)(H,27,28). The molecule has 7 heteroatoms. The van der Waals surface area contributed by atoms with E-state index in [1.165, 1.54) is 31.5 Å². The highest BCUT2D eigenvalue weighted by atomic mass is 19.1. The van der Waals surface area contributed by atoms with Crippen molar-refractivity contribution in [3.63, 3.8) is 0 Å². The minimum Gasteiger partial charge on any atom is -0.365 e. The number of hydrogen-bond acceptors (Lipinski definition) is 3. The van der Waals surface area contributed by atoms with Crippen LogP contribution in [0, 0.1) is 29.3 Å². The Morgan fingerprint density at radius 1 is 1.04 bits per heavy atom. The molecule has 3 atom stereocenters. The second-order valence-electron chi connectivity index (χ2n) is 8.02. The number of H-pyrrole nitrogens is 1. The Balaban J connectivity index is 1.53. The second kappa shape index (κ2) is 6.79. The summed E-state index contributed by atoms with van der Waals surface area (Å²) in [6, 6.07) is 2.28. The van der Waals surface area contributed by atoms with Crippen molar-refractivity contribution in [2.24, 2.45) is 11.8 Å². The van der Waals surface area contributed by atoms with Gasteiger partial charge in [0.1, 0.15) is 17.2 Å². The molecular weight excluding hydrogens is 365 g/mol. The van der Waals surface area contributed by atoms with Crippen LogP contribution < -0.4 is 5.32 Å². The van der Waals surface area contributed by atoms with E-state index in [0.29, 0.717) is 28.4 Å². The van der Waals surface area contributed by atoms with Crippen molar-refractivity contribution in [2.75, 3.05) is 5.32 Å². The van der Waals surface area contributed by atoms with E-state index in [-0.39, 0.29) is 17.6 Å². The summed E-state index contributed by atoms with van der Waals surface area (Å²) in [7, 11) is 0. The van der Waals surface area contributed by atoms with Crippen molar-refractivity contribution in [2.45, 2.75) is 44.6 Å². The first-order valence-corrected chi connectivity index (χ1v) is 9.84. The zero-order valence-corrected chi connectivity index (χ0v) is 15.3. The predicted molar refractivity (Wildman–Crippen MR) is 101 cm³/mol. The number of fused-ring (bicyclic) bond motifs is 5. The van der Waals surface area contributed by atoms with Gasteiger partial charge in [-0.3, -0.25) is 0 Å². The molecule has 3 fully saturated rings. The third-order valence-electron chi connectivity index (χ3n) is 6.29. The molecule has 0 spiro atoms. The number of halogens is 3. The summed E-state index contributed by atoms with van der Waals surface area (Å²) >= 11 is 0. The summed E-state index contributed by atoms with van der Waals surface area (Å²) in [5.41, 5.74) is 0.781. The maximum atomic E-state index is 14.6. The summed E-state index contributed by atoms with van der Waals surface area (Å²) in [5, 5.41) is 3.67. The van der Waals surface area contributed by atoms with E-state index in [4.69, 9.17) is 0 Å². The van der Waals surface area contributed by atoms with Crippen LogP contribution in [0.15, 0.2) is 24.5 Å². The molecule has 4 nitrogen and oxygen atoms in total. The molecule has 3 aliphatic carbocycles. The molecule has 3 unspecified atom stereocenters. The van der Waals surface area contributed by atoms with Gasteiger partial charge in [0.15, 0.2) is 17.5 Å². The van der Waals surface area contributed by atoms with Crippen LogP contribution in [0.2, 0.25) is 0 Å². The van der Waals surface area contributed by atoms with E-state index >= 15 is 0 Å². The van der Waals surface area contributed by atoms with Gasteiger partial charge in [0.05, 0.1) is 6.20 Å². The molecule has 3 saturated carbocycles. The maximum Gasteiger partial charge on any atom is 0.168 e. The van der Waals surface area contributed by atoms with E-state index in [1.807, 2.05) is 0 Å². The lowest BCUT2D eigenvalue weighted by atomic mass is 9.80. The molecule has 3 heterocycles. The van der Waals surface area contributed by atoms with Crippen LogP contribution in [-0.4, -0.2) is 21.0 Å². The van der Waals surface area contributed by atoms with E-state index in [1.54, 1.807) is 0 Å². The molecule has 3 aromatic heterocycles. The van der Waals surface area contributed by atoms with Crippen molar-refractivity contribution >= 4 is 16.9 Å². The van der Waals surface area contributed by atoms with Crippen molar-refractivity contribution in [1.29, 1.82) is 0 Å². The summed E-state index contributed by atoms with van der Waals surface area (Å²) in [6.07, 6.45) is 9.58. The molecule has 0 saturated heterocycles. The zero-order chi connectivity index (χ0) is 19.3. The normalized spacial score (nSPS) is 24.5. The Morgan fingerprint density at radius 2 is 1.93 bits per heavy atom. The van der Waals surface area contributed by atoms with Gasteiger partial charge in [-0.2, -0.15) is 0 Å². The summed E-state index contributed by atoms with van der Waals surface area (Å²) in [6.45, 7) is 0. The molecule has 3 aliphatic rings. The molecule has 3 aromatic rings. The smallest absolute Gasteiger partial charge is 0.168 e. The van der Waals surface area contributed by atoms with Crippen LogP contribution in [0.4, 0.5) is 19.0 Å². The SMILES string of the molecule is Fc1cnc2[nH]cc(-c3nc(NC4CC5CCCC4CC5)c(F)cc3F)c2c1. The Hall–Kier alpha value is -2.57. The minimum atomic E-state index is -0.782. The number of aromatic amines is 1. The highest BCUT2D eigenvalue weighted by molar-refractivity contribution is 5.92. The lowest BCUT2D eigenvalue weighted by Gasteiger charge is -2.33. The minimum absolute atomic E-state index is 0.0127. The van der Waals surface area contributed by atoms with Crippen LogP contribution in [0.25, 0.3) is 22.3 Å². The van der Waals surface area contributed by atoms with Crippen molar-refractivity contribution in [3.05, 3.63) is 42.0 Å². The van der Waals surface area contributed by atoms with Crippen LogP contribution in [0.3, 0.4) is 0 Å². The maximum absolute atomic E-state index is 14.6. The molecule has 2 N–H and O–H groups in total. The molecule has 2 bridgehead atoms. The van der Waals surface area contributed by atoms with E-state index < -0.39 is 17.5 Å². The van der Waals surface area contributed by atoms with Crippen molar-refractivity contribution < 1.29 is 13.2 Å². The van der Waals surface area contributed by atoms with Crippen LogP contribution >= 0.6 is 0 Å². The lowest BCUT2D eigenvalue weighted by molar-refractivity contribution is 0.279. The molecule has 146 valence electrons. The third-order valence-corrected chi connectivity index (χ3v) is 6.29. The van der Waals surface area contributed by atoms with E-state index in [9.17, 15) is 13.2 Å². The largest absolute Gasteiger partial charge is 0.365 e. The Morgan fingerprint density at radius 3 is 2.82 bits per heavy atom. The van der Waals surface area contributed by atoms with Gasteiger partial charge in [0.25, 0.3) is 0 Å². The highest BCUT2D eigenvalue weighted by Crippen LogP contribution is 2.41. The van der Waals surface area contributed by atoms with E-state index in [0.717, 1.165) is 31.5 Å². The second-order valence-corrected chi connectivity index (χ2v) is 8.02. The first-order valence-electron chi connectivity index (χ1n) is 9.84. The zero-order valence-electron chi connectivity index (χ0n) is 15.3. The fourth-order valence-corrected chi connectivity index (χ4v) is 4.88. The van der Waals surface area contributed by atoms with Gasteiger partial charge in [-0.05, 0) is 37.2 Å². The first-order chi connectivity index (χ1) is 13.6. The number of aromatic nitrogens is 3. The molecule has 0 aliphatic heterocycles. The van der Waals surface area contributed by atoms with Gasteiger partial charge in [-0.25, -0.2) is 23.1 Å². The number of nitrogens with one attached hydrogen (secondary N) is 2. The molecule has 28 heavy (non-hydrogen) atoms. The fraction of sp³-hybridized carbons (Fsp3) is 0.429. The van der Waals surface area contributed by atoms with Gasteiger partial charge in [0, 0.05) is 29.3 Å². The Bertz CT molecular complexity index is 1030. The number of nitrogens with zero attached hydrogens (tertiary/aromatic N) is 2. The summed E-state index contributed by atoms with van der Waals surface area (Å²) < 4.78 is 42.7. The summed E-state index contributed by atoms with van der Waals surface area (Å²) in [4.78, 5) is 11.1. The lowest BCUT2D eigenvalue weighted by Crippen LogP contribution is -2.34. The first kappa shape index (κ1) is 17.5. The monoisotopic (exact) mass is 386 g/mol. The van der Waals surface area contributed by atoms with Gasteiger partial charge in [0.2, 0.25) is 0 Å². The highest BCUT2D eigenvalue weighted by Gasteiger charge is 2.34. The average Bonchev–Trinajstić information content (AvgIpc) is 2.83. The van der Waals surface area contributed by atoms with Gasteiger partial charge >= 0.3 is 0 Å². The number of pyridine rings is 2.